The number of hydrogen-bond acceptors (Lipinski definition) is 5. The lowest BCUT2D eigenvalue weighted by Gasteiger charge is -2.42. The number of aliphatic imine (C=N–C) groups is 1. The summed E-state index contributed by atoms with van der Waals surface area (Å²) >= 11 is 0. The molecule has 0 bridgehead atoms. The van der Waals surface area contributed by atoms with Crippen molar-refractivity contribution >= 4 is 11.8 Å². The van der Waals surface area contributed by atoms with E-state index in [2.05, 4.69) is 4.99 Å². The second-order valence-electron chi connectivity index (χ2n) is 7.69. The highest BCUT2D eigenvalue weighted by Gasteiger charge is 2.61. The third-order valence-corrected chi connectivity index (χ3v) is 6.26. The normalized spacial score (nSPS) is 32.1. The third-order valence-electron chi connectivity index (χ3n) is 6.26. The fourth-order valence-electron chi connectivity index (χ4n) is 4.58. The first-order valence-corrected chi connectivity index (χ1v) is 9.40. The highest BCUT2D eigenvalue weighted by atomic mass is 16.6. The number of fused-ring (bicyclic) bond motifs is 1. The smallest absolute Gasteiger partial charge is 0.412 e. The van der Waals surface area contributed by atoms with Crippen LogP contribution in [0.2, 0.25) is 0 Å². The van der Waals surface area contributed by atoms with E-state index in [0.29, 0.717) is 13.0 Å². The molecule has 2 fully saturated rings. The van der Waals surface area contributed by atoms with Gasteiger partial charge in [-0.2, -0.15) is 0 Å². The van der Waals surface area contributed by atoms with E-state index in [0.717, 1.165) is 49.1 Å². The molecule has 0 unspecified atom stereocenters. The first kappa shape index (κ1) is 17.3. The molecule has 1 spiro atoms. The number of allylic oxidation sites excluding steroid dienone is 3. The third kappa shape index (κ3) is 2.58. The molecule has 26 heavy (non-hydrogen) atoms. The van der Waals surface area contributed by atoms with Crippen LogP contribution in [0.3, 0.4) is 0 Å². The fraction of sp³-hybridized carbons (Fsp3) is 0.600. The molecule has 2 aliphatic heterocycles. The second-order valence-corrected chi connectivity index (χ2v) is 7.69. The largest absolute Gasteiger partial charge is 0.497 e. The standard InChI is InChI=1S/C20H26N2O4/c1-19(24)20(9-4-3-5-10-20)26-18(23)22(19)11-8-14-13-21-17-7-6-15(25-2)12-16(14)17/h6-7,12-13,16,24H,3-5,8-11H2,1-2H3/t16-,19-/m1/s1. The summed E-state index contributed by atoms with van der Waals surface area (Å²) in [7, 11) is 1.65. The van der Waals surface area contributed by atoms with E-state index < -0.39 is 17.4 Å². The summed E-state index contributed by atoms with van der Waals surface area (Å²) in [6, 6.07) is 0. The molecule has 4 rings (SSSR count). The number of methoxy groups -OCH3 is 1. The van der Waals surface area contributed by atoms with Gasteiger partial charge < -0.3 is 14.6 Å². The lowest BCUT2D eigenvalue weighted by molar-refractivity contribution is -0.158. The molecule has 0 aromatic rings. The summed E-state index contributed by atoms with van der Waals surface area (Å²) in [5.41, 5.74) is 0.0744. The minimum absolute atomic E-state index is 0.0853. The first-order valence-electron chi connectivity index (χ1n) is 9.40. The molecule has 2 heterocycles. The highest BCUT2D eigenvalue weighted by molar-refractivity contribution is 6.03. The van der Waals surface area contributed by atoms with E-state index in [1.807, 2.05) is 24.4 Å². The number of carbonyl (C=O) groups excluding carboxylic acids is 1. The number of ether oxygens (including phenoxy) is 2. The minimum atomic E-state index is -1.27. The number of hydrogen-bond donors (Lipinski definition) is 1. The maximum atomic E-state index is 12.5. The Bertz CT molecular complexity index is 726. The molecule has 1 amide bonds. The number of amides is 1. The maximum Gasteiger partial charge on any atom is 0.412 e. The Morgan fingerprint density at radius 2 is 2.12 bits per heavy atom. The molecule has 6 heteroatoms. The van der Waals surface area contributed by atoms with Crippen molar-refractivity contribution in [2.45, 2.75) is 56.8 Å². The van der Waals surface area contributed by atoms with Gasteiger partial charge in [0.25, 0.3) is 0 Å². The van der Waals surface area contributed by atoms with Crippen LogP contribution < -0.4 is 0 Å². The number of nitrogens with zero attached hydrogens (tertiary/aromatic N) is 2. The summed E-state index contributed by atoms with van der Waals surface area (Å²) in [5.74, 6) is 0.901. The quantitative estimate of drug-likeness (QED) is 0.837. The molecule has 1 saturated heterocycles. The van der Waals surface area contributed by atoms with E-state index in [4.69, 9.17) is 9.47 Å². The topological polar surface area (TPSA) is 71.4 Å². The molecular weight excluding hydrogens is 332 g/mol. The molecule has 140 valence electrons. The van der Waals surface area contributed by atoms with Crippen LogP contribution in [0.5, 0.6) is 0 Å². The predicted octanol–water partition coefficient (Wildman–Crippen LogP) is 3.29. The Hall–Kier alpha value is -2.08. The zero-order chi connectivity index (χ0) is 18.4. The van der Waals surface area contributed by atoms with Gasteiger partial charge in [0.15, 0.2) is 11.3 Å². The first-order chi connectivity index (χ1) is 12.5. The van der Waals surface area contributed by atoms with Gasteiger partial charge in [-0.25, -0.2) is 4.79 Å². The summed E-state index contributed by atoms with van der Waals surface area (Å²) in [5, 5.41) is 11.2. The van der Waals surface area contributed by atoms with E-state index >= 15 is 0 Å². The van der Waals surface area contributed by atoms with Crippen LogP contribution in [0.25, 0.3) is 0 Å². The zero-order valence-electron chi connectivity index (χ0n) is 15.4. The number of aliphatic hydroxyl groups is 1. The molecular formula is C20H26N2O4. The average Bonchev–Trinajstić information content (AvgIpc) is 3.11. The molecule has 2 atom stereocenters. The second kappa shape index (κ2) is 6.27. The lowest BCUT2D eigenvalue weighted by Crippen LogP contribution is -2.57. The van der Waals surface area contributed by atoms with Gasteiger partial charge in [-0.1, -0.05) is 6.42 Å². The zero-order valence-corrected chi connectivity index (χ0v) is 15.4. The van der Waals surface area contributed by atoms with E-state index in [1.165, 1.54) is 4.90 Å². The van der Waals surface area contributed by atoms with Crippen LogP contribution in [0, 0.1) is 5.92 Å². The SMILES string of the molecule is COC1=C[C@@H]2C(CCN3C(=O)OC4(CCCCC4)[C@@]3(C)O)=CN=C2C=C1. The van der Waals surface area contributed by atoms with Crippen LogP contribution in [-0.2, 0) is 9.47 Å². The fourth-order valence-corrected chi connectivity index (χ4v) is 4.58. The molecule has 1 N–H and O–H groups in total. The number of rotatable bonds is 4. The minimum Gasteiger partial charge on any atom is -0.497 e. The van der Waals surface area contributed by atoms with E-state index in [-0.39, 0.29) is 5.92 Å². The Morgan fingerprint density at radius 3 is 2.85 bits per heavy atom. The Labute approximate surface area is 153 Å². The van der Waals surface area contributed by atoms with Crippen LogP contribution in [0.15, 0.2) is 40.8 Å². The molecule has 4 aliphatic rings. The molecule has 6 nitrogen and oxygen atoms in total. The van der Waals surface area contributed by atoms with Crippen molar-refractivity contribution in [3.05, 3.63) is 35.8 Å². The van der Waals surface area contributed by atoms with Gasteiger partial charge in [0, 0.05) is 18.7 Å². The van der Waals surface area contributed by atoms with Gasteiger partial charge in [0.1, 0.15) is 5.76 Å². The maximum absolute atomic E-state index is 12.5. The van der Waals surface area contributed by atoms with E-state index in [9.17, 15) is 9.90 Å². The monoisotopic (exact) mass is 358 g/mol. The van der Waals surface area contributed by atoms with Gasteiger partial charge in [0.05, 0.1) is 12.8 Å². The predicted molar refractivity (Wildman–Crippen MR) is 97.5 cm³/mol. The van der Waals surface area contributed by atoms with Crippen LogP contribution in [-0.4, -0.2) is 46.8 Å². The van der Waals surface area contributed by atoms with Gasteiger partial charge in [-0.05, 0) is 62.8 Å². The van der Waals surface area contributed by atoms with Crippen LogP contribution in [0.1, 0.15) is 45.4 Å². The molecule has 0 aromatic carbocycles. The van der Waals surface area contributed by atoms with Crippen molar-refractivity contribution in [3.8, 4) is 0 Å². The van der Waals surface area contributed by atoms with E-state index in [1.54, 1.807) is 14.0 Å². The highest BCUT2D eigenvalue weighted by Crippen LogP contribution is 2.47. The summed E-state index contributed by atoms with van der Waals surface area (Å²) in [4.78, 5) is 18.5. The van der Waals surface area contributed by atoms with Crippen molar-refractivity contribution in [1.82, 2.24) is 4.90 Å². The Balaban J connectivity index is 1.46. The molecule has 2 aliphatic carbocycles. The van der Waals surface area contributed by atoms with Crippen LogP contribution >= 0.6 is 0 Å². The van der Waals surface area contributed by atoms with Gasteiger partial charge in [-0.3, -0.25) is 9.89 Å². The summed E-state index contributed by atoms with van der Waals surface area (Å²) < 4.78 is 11.0. The van der Waals surface area contributed by atoms with Gasteiger partial charge in [-0.15, -0.1) is 0 Å². The number of carbonyl (C=O) groups is 1. The molecule has 0 aromatic heterocycles. The van der Waals surface area contributed by atoms with Gasteiger partial charge in [0.2, 0.25) is 0 Å². The van der Waals surface area contributed by atoms with Crippen molar-refractivity contribution in [1.29, 1.82) is 0 Å². The van der Waals surface area contributed by atoms with Crippen molar-refractivity contribution in [2.75, 3.05) is 13.7 Å². The van der Waals surface area contributed by atoms with Crippen molar-refractivity contribution < 1.29 is 19.4 Å². The lowest BCUT2D eigenvalue weighted by atomic mass is 9.77. The summed E-state index contributed by atoms with van der Waals surface area (Å²) in [6.07, 6.45) is 12.6. The average molecular weight is 358 g/mol. The van der Waals surface area contributed by atoms with Crippen molar-refractivity contribution in [2.24, 2.45) is 10.9 Å². The summed E-state index contributed by atoms with van der Waals surface area (Å²) in [6.45, 7) is 2.14. The van der Waals surface area contributed by atoms with Crippen LogP contribution in [0.4, 0.5) is 4.79 Å². The van der Waals surface area contributed by atoms with Gasteiger partial charge >= 0.3 is 6.09 Å². The Kier molecular flexibility index (Phi) is 4.18. The Morgan fingerprint density at radius 1 is 1.35 bits per heavy atom. The van der Waals surface area contributed by atoms with Crippen molar-refractivity contribution in [3.63, 3.8) is 0 Å². The molecule has 0 radical (unpaired) electrons. The molecule has 1 saturated carbocycles.